The van der Waals surface area contributed by atoms with Crippen LogP contribution in [-0.2, 0) is 16.0 Å². The Balaban J connectivity index is 2.21. The van der Waals surface area contributed by atoms with Crippen LogP contribution >= 0.6 is 0 Å². The summed E-state index contributed by atoms with van der Waals surface area (Å²) in [6, 6.07) is 7.23. The van der Waals surface area contributed by atoms with E-state index in [0.717, 1.165) is 5.56 Å². The van der Waals surface area contributed by atoms with Gasteiger partial charge in [0.1, 0.15) is 0 Å². The molecule has 5 heteroatoms. The summed E-state index contributed by atoms with van der Waals surface area (Å²) in [6.07, 6.45) is 1.45. The molecule has 0 heterocycles. The lowest BCUT2D eigenvalue weighted by Gasteiger charge is -2.10. The first-order chi connectivity index (χ1) is 8.99. The van der Waals surface area contributed by atoms with Gasteiger partial charge < -0.3 is 16.0 Å². The number of benzene rings is 1. The number of nitrogens with one attached hydrogen (secondary N) is 1. The smallest absolute Gasteiger partial charge is 0.224 e. The number of amides is 2. The molecule has 0 unspecified atom stereocenters. The quantitative estimate of drug-likeness (QED) is 0.588. The maximum Gasteiger partial charge on any atom is 0.224 e. The monoisotopic (exact) mass is 263 g/mol. The summed E-state index contributed by atoms with van der Waals surface area (Å²) in [6.45, 7) is 0.521. The molecule has 0 spiro atoms. The topological polar surface area (TPSA) is 75.4 Å². The van der Waals surface area contributed by atoms with E-state index >= 15 is 0 Å². The van der Waals surface area contributed by atoms with Crippen molar-refractivity contribution in [2.45, 2.75) is 19.3 Å². The molecule has 0 aromatic heterocycles. The molecule has 19 heavy (non-hydrogen) atoms. The van der Waals surface area contributed by atoms with Crippen molar-refractivity contribution in [1.82, 2.24) is 10.2 Å². The summed E-state index contributed by atoms with van der Waals surface area (Å²) in [5.74, 6) is 0.0369. The third-order valence-electron chi connectivity index (χ3n) is 2.73. The summed E-state index contributed by atoms with van der Waals surface area (Å²) in [5.41, 5.74) is 7.19. The fourth-order valence-electron chi connectivity index (χ4n) is 1.57. The highest BCUT2D eigenvalue weighted by Gasteiger charge is 2.05. The highest BCUT2D eigenvalue weighted by Crippen LogP contribution is 2.05. The van der Waals surface area contributed by atoms with Crippen molar-refractivity contribution in [1.29, 1.82) is 0 Å². The van der Waals surface area contributed by atoms with E-state index in [1.54, 1.807) is 31.1 Å². The van der Waals surface area contributed by atoms with E-state index in [1.165, 1.54) is 0 Å². The second kappa shape index (κ2) is 7.41. The van der Waals surface area contributed by atoms with Gasteiger partial charge in [0.2, 0.25) is 11.8 Å². The fourth-order valence-corrected chi connectivity index (χ4v) is 1.57. The van der Waals surface area contributed by atoms with Gasteiger partial charge in [-0.3, -0.25) is 9.59 Å². The number of hydrogen-bond acceptors (Lipinski definition) is 3. The average Bonchev–Trinajstić information content (AvgIpc) is 2.37. The summed E-state index contributed by atoms with van der Waals surface area (Å²) in [5, 5.41) is 2.80. The number of nitrogens with zero attached hydrogens (tertiary/aromatic N) is 1. The Kier molecular flexibility index (Phi) is 5.85. The summed E-state index contributed by atoms with van der Waals surface area (Å²) in [4.78, 5) is 24.5. The molecule has 0 bridgehead atoms. The van der Waals surface area contributed by atoms with Crippen molar-refractivity contribution in [3.05, 3.63) is 29.8 Å². The maximum atomic E-state index is 11.6. The van der Waals surface area contributed by atoms with Gasteiger partial charge >= 0.3 is 0 Å². The van der Waals surface area contributed by atoms with Crippen LogP contribution in [0.1, 0.15) is 18.4 Å². The second-order valence-corrected chi connectivity index (χ2v) is 4.66. The minimum absolute atomic E-state index is 0.0397. The Bertz CT molecular complexity index is 427. The molecule has 0 saturated carbocycles. The number of carbonyl (C=O) groups is 2. The van der Waals surface area contributed by atoms with Gasteiger partial charge in [0, 0.05) is 32.7 Å². The van der Waals surface area contributed by atoms with Gasteiger partial charge in [0.25, 0.3) is 0 Å². The number of hydrogen-bond donors (Lipinski definition) is 2. The van der Waals surface area contributed by atoms with Gasteiger partial charge in [0.15, 0.2) is 0 Å². The molecule has 0 saturated heterocycles. The van der Waals surface area contributed by atoms with Gasteiger partial charge in [0.05, 0.1) is 6.42 Å². The molecule has 1 aromatic rings. The van der Waals surface area contributed by atoms with Crippen molar-refractivity contribution in [3.63, 3.8) is 0 Å². The van der Waals surface area contributed by atoms with E-state index in [1.807, 2.05) is 12.1 Å². The number of carbonyl (C=O) groups excluding carboxylic acids is 2. The second-order valence-electron chi connectivity index (χ2n) is 4.66. The molecule has 0 fully saturated rings. The first-order valence-corrected chi connectivity index (χ1v) is 6.30. The Hall–Kier alpha value is -2.04. The van der Waals surface area contributed by atoms with E-state index in [2.05, 4.69) is 5.32 Å². The minimum atomic E-state index is -0.0397. The van der Waals surface area contributed by atoms with Gasteiger partial charge in [-0.2, -0.15) is 0 Å². The normalized spacial score (nSPS) is 10.0. The summed E-state index contributed by atoms with van der Waals surface area (Å²) < 4.78 is 0. The van der Waals surface area contributed by atoms with Gasteiger partial charge in [-0.05, 0) is 24.1 Å². The standard InChI is InChI=1S/C14H21N3O2/c1-17(2)14(19)4-3-9-16-13(18)10-11-5-7-12(15)8-6-11/h5-8H,3-4,9-10,15H2,1-2H3,(H,16,18). The van der Waals surface area contributed by atoms with E-state index in [0.29, 0.717) is 31.5 Å². The third kappa shape index (κ3) is 5.90. The molecule has 0 aliphatic heterocycles. The SMILES string of the molecule is CN(C)C(=O)CCCNC(=O)Cc1ccc(N)cc1. The molecule has 2 amide bonds. The predicted molar refractivity (Wildman–Crippen MR) is 75.5 cm³/mol. The number of nitrogen functional groups attached to an aromatic ring is 1. The average molecular weight is 263 g/mol. The Morgan fingerprint density at radius 2 is 1.84 bits per heavy atom. The summed E-state index contributed by atoms with van der Waals surface area (Å²) >= 11 is 0. The van der Waals surface area contributed by atoms with E-state index in [4.69, 9.17) is 5.73 Å². The van der Waals surface area contributed by atoms with E-state index < -0.39 is 0 Å². The largest absolute Gasteiger partial charge is 0.399 e. The van der Waals surface area contributed by atoms with Crippen LogP contribution in [0.3, 0.4) is 0 Å². The zero-order valence-corrected chi connectivity index (χ0v) is 11.5. The van der Waals surface area contributed by atoms with Crippen molar-refractivity contribution in [2.75, 3.05) is 26.4 Å². The van der Waals surface area contributed by atoms with Gasteiger partial charge in [-0.25, -0.2) is 0 Å². The van der Waals surface area contributed by atoms with Crippen molar-refractivity contribution >= 4 is 17.5 Å². The fraction of sp³-hybridized carbons (Fsp3) is 0.429. The van der Waals surface area contributed by atoms with Gasteiger partial charge in [-0.1, -0.05) is 12.1 Å². The van der Waals surface area contributed by atoms with Crippen LogP contribution in [0.25, 0.3) is 0 Å². The lowest BCUT2D eigenvalue weighted by atomic mass is 10.1. The van der Waals surface area contributed by atoms with Crippen LogP contribution < -0.4 is 11.1 Å². The van der Waals surface area contributed by atoms with E-state index in [-0.39, 0.29) is 11.8 Å². The molecule has 1 rings (SSSR count). The summed E-state index contributed by atoms with van der Waals surface area (Å²) in [7, 11) is 3.45. The Morgan fingerprint density at radius 1 is 1.21 bits per heavy atom. The van der Waals surface area contributed by atoms with E-state index in [9.17, 15) is 9.59 Å². The van der Waals surface area contributed by atoms with Crippen LogP contribution in [-0.4, -0.2) is 37.4 Å². The Labute approximate surface area is 113 Å². The predicted octanol–water partition coefficient (Wildman–Crippen LogP) is 0.796. The first-order valence-electron chi connectivity index (χ1n) is 6.30. The zero-order valence-electron chi connectivity index (χ0n) is 11.5. The lowest BCUT2D eigenvalue weighted by Crippen LogP contribution is -2.28. The first kappa shape index (κ1) is 15.0. The highest BCUT2D eigenvalue weighted by molar-refractivity contribution is 5.79. The van der Waals surface area contributed by atoms with Crippen molar-refractivity contribution in [3.8, 4) is 0 Å². The van der Waals surface area contributed by atoms with Crippen molar-refractivity contribution < 1.29 is 9.59 Å². The van der Waals surface area contributed by atoms with Gasteiger partial charge in [-0.15, -0.1) is 0 Å². The van der Waals surface area contributed by atoms with Crippen molar-refractivity contribution in [2.24, 2.45) is 0 Å². The number of nitrogens with two attached hydrogens (primary N) is 1. The maximum absolute atomic E-state index is 11.6. The molecule has 1 aromatic carbocycles. The van der Waals surface area contributed by atoms with Crippen LogP contribution in [0.4, 0.5) is 5.69 Å². The van der Waals surface area contributed by atoms with Crippen LogP contribution in [0, 0.1) is 0 Å². The molecule has 0 aliphatic rings. The molecule has 3 N–H and O–H groups in total. The minimum Gasteiger partial charge on any atom is -0.399 e. The molecule has 0 radical (unpaired) electrons. The molecular weight excluding hydrogens is 242 g/mol. The Morgan fingerprint density at radius 3 is 2.42 bits per heavy atom. The number of anilines is 1. The molecule has 0 atom stereocenters. The van der Waals surface area contributed by atoms with Crippen LogP contribution in [0.5, 0.6) is 0 Å². The molecule has 5 nitrogen and oxygen atoms in total. The van der Waals surface area contributed by atoms with Crippen LogP contribution in [0.15, 0.2) is 24.3 Å². The lowest BCUT2D eigenvalue weighted by molar-refractivity contribution is -0.129. The molecule has 0 aliphatic carbocycles. The van der Waals surface area contributed by atoms with Crippen LogP contribution in [0.2, 0.25) is 0 Å². The zero-order chi connectivity index (χ0) is 14.3. The number of rotatable bonds is 6. The molecular formula is C14H21N3O2. The molecule has 104 valence electrons. The third-order valence-corrected chi connectivity index (χ3v) is 2.73. The highest BCUT2D eigenvalue weighted by atomic mass is 16.2.